The van der Waals surface area contributed by atoms with Crippen LogP contribution in [0.25, 0.3) is 22.6 Å². The number of nitrogens with zero attached hydrogens (tertiary/aromatic N) is 2. The molecular weight excluding hydrogens is 268 g/mol. The van der Waals surface area contributed by atoms with E-state index in [1.807, 2.05) is 6.07 Å². The van der Waals surface area contributed by atoms with Gasteiger partial charge in [-0.1, -0.05) is 19.0 Å². The quantitative estimate of drug-likeness (QED) is 0.718. The summed E-state index contributed by atoms with van der Waals surface area (Å²) in [5.41, 5.74) is 3.47. The Bertz CT molecular complexity index is 846. The van der Waals surface area contributed by atoms with E-state index in [4.69, 9.17) is 4.52 Å². The number of H-pyrrole nitrogens is 1. The SMILES string of the molecule is CC1(C)CC(=O)Nc2cc3nc(-c4ccno4)[nH]c3cc21. The number of nitrogens with one attached hydrogen (secondary N) is 2. The number of rotatable bonds is 1. The minimum Gasteiger partial charge on any atom is -0.353 e. The van der Waals surface area contributed by atoms with Crippen molar-refractivity contribution in [1.82, 2.24) is 15.1 Å². The van der Waals surface area contributed by atoms with E-state index in [0.717, 1.165) is 22.3 Å². The Kier molecular flexibility index (Phi) is 2.28. The summed E-state index contributed by atoms with van der Waals surface area (Å²) in [6.45, 7) is 4.15. The average Bonchev–Trinajstić information content (AvgIpc) is 3.04. The van der Waals surface area contributed by atoms with Crippen molar-refractivity contribution < 1.29 is 9.32 Å². The highest BCUT2D eigenvalue weighted by Crippen LogP contribution is 2.39. The molecule has 0 spiro atoms. The number of anilines is 1. The fourth-order valence-corrected chi connectivity index (χ4v) is 2.87. The van der Waals surface area contributed by atoms with Crippen molar-refractivity contribution in [3.63, 3.8) is 0 Å². The predicted octanol–water partition coefficient (Wildman–Crippen LogP) is 2.84. The fraction of sp³-hybridized carbons (Fsp3) is 0.267. The van der Waals surface area contributed by atoms with Gasteiger partial charge in [-0.25, -0.2) is 4.98 Å². The van der Waals surface area contributed by atoms with Crippen LogP contribution in [-0.4, -0.2) is 21.0 Å². The number of hydrogen-bond donors (Lipinski definition) is 2. The van der Waals surface area contributed by atoms with Crippen LogP contribution in [0.3, 0.4) is 0 Å². The maximum absolute atomic E-state index is 11.8. The van der Waals surface area contributed by atoms with Crippen LogP contribution >= 0.6 is 0 Å². The summed E-state index contributed by atoms with van der Waals surface area (Å²) in [7, 11) is 0. The maximum atomic E-state index is 11.8. The van der Waals surface area contributed by atoms with Gasteiger partial charge < -0.3 is 14.8 Å². The monoisotopic (exact) mass is 282 g/mol. The van der Waals surface area contributed by atoms with Gasteiger partial charge in [-0.15, -0.1) is 0 Å². The Balaban J connectivity index is 1.92. The smallest absolute Gasteiger partial charge is 0.225 e. The number of hydrogen-bond acceptors (Lipinski definition) is 4. The van der Waals surface area contributed by atoms with Crippen LogP contribution in [0.5, 0.6) is 0 Å². The van der Waals surface area contributed by atoms with E-state index in [9.17, 15) is 4.79 Å². The summed E-state index contributed by atoms with van der Waals surface area (Å²) >= 11 is 0. The second-order valence-corrected chi connectivity index (χ2v) is 5.99. The lowest BCUT2D eigenvalue weighted by Crippen LogP contribution is -2.32. The Morgan fingerprint density at radius 3 is 2.95 bits per heavy atom. The van der Waals surface area contributed by atoms with Crippen molar-refractivity contribution >= 4 is 22.6 Å². The maximum Gasteiger partial charge on any atom is 0.225 e. The number of carbonyl (C=O) groups excluding carboxylic acids is 1. The standard InChI is InChI=1S/C15H14N4O2/c1-15(2)7-13(20)17-9-6-11-10(5-8(9)15)18-14(19-11)12-3-4-16-21-12/h3-6H,7H2,1-2H3,(H,17,20)(H,18,19). The van der Waals surface area contributed by atoms with Gasteiger partial charge in [-0.3, -0.25) is 4.79 Å². The molecule has 6 nitrogen and oxygen atoms in total. The predicted molar refractivity (Wildman–Crippen MR) is 77.9 cm³/mol. The number of aromatic nitrogens is 3. The highest BCUT2D eigenvalue weighted by atomic mass is 16.5. The average molecular weight is 282 g/mol. The second-order valence-electron chi connectivity index (χ2n) is 5.99. The Hall–Kier alpha value is -2.63. The zero-order chi connectivity index (χ0) is 14.6. The van der Waals surface area contributed by atoms with E-state index in [0.29, 0.717) is 18.0 Å². The molecule has 0 aliphatic carbocycles. The molecular formula is C15H14N4O2. The summed E-state index contributed by atoms with van der Waals surface area (Å²) in [5, 5.41) is 6.61. The number of fused-ring (bicyclic) bond motifs is 2. The Labute approximate surface area is 120 Å². The van der Waals surface area contributed by atoms with Gasteiger partial charge in [0.25, 0.3) is 0 Å². The molecule has 0 radical (unpaired) electrons. The number of carbonyl (C=O) groups is 1. The largest absolute Gasteiger partial charge is 0.353 e. The zero-order valence-electron chi connectivity index (χ0n) is 11.7. The van der Waals surface area contributed by atoms with E-state index in [2.05, 4.69) is 40.4 Å². The first kappa shape index (κ1) is 12.1. The fourth-order valence-electron chi connectivity index (χ4n) is 2.87. The third-order valence-electron chi connectivity index (χ3n) is 3.90. The van der Waals surface area contributed by atoms with Gasteiger partial charge in [0, 0.05) is 23.6 Å². The van der Waals surface area contributed by atoms with E-state index >= 15 is 0 Å². The molecule has 0 unspecified atom stereocenters. The molecule has 0 fully saturated rings. The molecule has 0 saturated heterocycles. The third-order valence-corrected chi connectivity index (χ3v) is 3.90. The van der Waals surface area contributed by atoms with Crippen LogP contribution in [0.1, 0.15) is 25.8 Å². The van der Waals surface area contributed by atoms with Gasteiger partial charge in [-0.05, 0) is 17.7 Å². The molecule has 1 aliphatic heterocycles. The van der Waals surface area contributed by atoms with Crippen LogP contribution in [0.4, 0.5) is 5.69 Å². The molecule has 6 heteroatoms. The molecule has 0 atom stereocenters. The summed E-state index contributed by atoms with van der Waals surface area (Å²) in [6, 6.07) is 5.71. The second kappa shape index (κ2) is 3.94. The topological polar surface area (TPSA) is 83.8 Å². The molecule has 3 aromatic rings. The number of amides is 1. The van der Waals surface area contributed by atoms with E-state index in [1.165, 1.54) is 0 Å². The molecule has 21 heavy (non-hydrogen) atoms. The van der Waals surface area contributed by atoms with Crippen molar-refractivity contribution in [3.05, 3.63) is 30.0 Å². The van der Waals surface area contributed by atoms with Gasteiger partial charge in [0.15, 0.2) is 5.82 Å². The van der Waals surface area contributed by atoms with Gasteiger partial charge in [0.1, 0.15) is 0 Å². The molecule has 0 saturated carbocycles. The zero-order valence-corrected chi connectivity index (χ0v) is 11.7. The summed E-state index contributed by atoms with van der Waals surface area (Å²) in [4.78, 5) is 19.5. The minimum atomic E-state index is -0.191. The van der Waals surface area contributed by atoms with Crippen LogP contribution in [0.15, 0.2) is 28.9 Å². The van der Waals surface area contributed by atoms with Crippen molar-refractivity contribution in [2.75, 3.05) is 5.32 Å². The van der Waals surface area contributed by atoms with Crippen molar-refractivity contribution in [2.24, 2.45) is 0 Å². The first-order valence-corrected chi connectivity index (χ1v) is 6.78. The van der Waals surface area contributed by atoms with Crippen LogP contribution < -0.4 is 5.32 Å². The third kappa shape index (κ3) is 1.83. The van der Waals surface area contributed by atoms with Crippen LogP contribution in [0, 0.1) is 0 Å². The van der Waals surface area contributed by atoms with Gasteiger partial charge in [0.2, 0.25) is 11.7 Å². The molecule has 106 valence electrons. The molecule has 2 N–H and O–H groups in total. The van der Waals surface area contributed by atoms with Crippen molar-refractivity contribution in [3.8, 4) is 11.6 Å². The molecule has 1 amide bonds. The van der Waals surface area contributed by atoms with Crippen LogP contribution in [-0.2, 0) is 10.2 Å². The minimum absolute atomic E-state index is 0.0397. The lowest BCUT2D eigenvalue weighted by atomic mass is 9.78. The van der Waals surface area contributed by atoms with Gasteiger partial charge >= 0.3 is 0 Å². The molecule has 0 bridgehead atoms. The van der Waals surface area contributed by atoms with Gasteiger partial charge in [-0.2, -0.15) is 0 Å². The molecule has 2 aromatic heterocycles. The lowest BCUT2D eigenvalue weighted by Gasteiger charge is -2.31. The first-order valence-electron chi connectivity index (χ1n) is 6.78. The molecule has 3 heterocycles. The lowest BCUT2D eigenvalue weighted by molar-refractivity contribution is -0.117. The first-order chi connectivity index (χ1) is 10.0. The number of imidazole rings is 1. The van der Waals surface area contributed by atoms with Crippen molar-refractivity contribution in [1.29, 1.82) is 0 Å². The summed E-state index contributed by atoms with van der Waals surface area (Å²) in [5.74, 6) is 1.26. The summed E-state index contributed by atoms with van der Waals surface area (Å²) in [6.07, 6.45) is 2.06. The Morgan fingerprint density at radius 1 is 1.33 bits per heavy atom. The number of aromatic amines is 1. The molecule has 1 aliphatic rings. The summed E-state index contributed by atoms with van der Waals surface area (Å²) < 4.78 is 5.12. The normalized spacial score (nSPS) is 16.8. The van der Waals surface area contributed by atoms with Crippen molar-refractivity contribution in [2.45, 2.75) is 25.7 Å². The van der Waals surface area contributed by atoms with E-state index in [-0.39, 0.29) is 11.3 Å². The van der Waals surface area contributed by atoms with Gasteiger partial charge in [0.05, 0.1) is 17.2 Å². The molecule has 1 aromatic carbocycles. The van der Waals surface area contributed by atoms with E-state index in [1.54, 1.807) is 12.3 Å². The molecule has 4 rings (SSSR count). The highest BCUT2D eigenvalue weighted by Gasteiger charge is 2.32. The highest BCUT2D eigenvalue weighted by molar-refractivity contribution is 5.98. The Morgan fingerprint density at radius 2 is 2.19 bits per heavy atom. The van der Waals surface area contributed by atoms with Crippen LogP contribution in [0.2, 0.25) is 0 Å². The number of benzene rings is 1. The van der Waals surface area contributed by atoms with E-state index < -0.39 is 0 Å².